The standard InChI is InChI=1S/C26H27N5O4/c32-23-7-3-6-22-18-10-16(14-31(22)23)13-29(15-18)24(33)11-21-25(34)30(26(35)28-21)9-8-17-12-27-20-5-2-1-4-19(17)20/h1-7,12,16,18,21,27H,8-11,13-15H2,(H,28,35)/t16-,18+,21-/m0/s1. The van der Waals surface area contributed by atoms with E-state index in [1.807, 2.05) is 41.1 Å². The Morgan fingerprint density at radius 1 is 1.00 bits per heavy atom. The molecule has 9 heteroatoms. The molecule has 3 aromatic rings. The van der Waals surface area contributed by atoms with Crippen LogP contribution in [-0.2, 0) is 22.6 Å². The number of carbonyl (C=O) groups is 3. The van der Waals surface area contributed by atoms with E-state index in [0.717, 1.165) is 28.6 Å². The molecule has 5 heterocycles. The molecule has 35 heavy (non-hydrogen) atoms. The highest BCUT2D eigenvalue weighted by atomic mass is 16.2. The molecule has 2 saturated heterocycles. The molecule has 2 N–H and O–H groups in total. The van der Waals surface area contributed by atoms with Crippen molar-refractivity contribution < 1.29 is 14.4 Å². The van der Waals surface area contributed by atoms with E-state index in [2.05, 4.69) is 10.3 Å². The number of hydrogen-bond acceptors (Lipinski definition) is 4. The molecule has 6 rings (SSSR count). The van der Waals surface area contributed by atoms with Crippen LogP contribution in [0.15, 0.2) is 53.5 Å². The Hall–Kier alpha value is -3.88. The quantitative estimate of drug-likeness (QED) is 0.551. The summed E-state index contributed by atoms with van der Waals surface area (Å²) in [6.07, 6.45) is 3.35. The van der Waals surface area contributed by atoms with Crippen molar-refractivity contribution in [1.29, 1.82) is 0 Å². The summed E-state index contributed by atoms with van der Waals surface area (Å²) < 4.78 is 1.83. The van der Waals surface area contributed by atoms with E-state index in [-0.39, 0.29) is 42.2 Å². The molecule has 3 atom stereocenters. The van der Waals surface area contributed by atoms with Crippen molar-refractivity contribution in [2.75, 3.05) is 19.6 Å². The van der Waals surface area contributed by atoms with Gasteiger partial charge in [-0.25, -0.2) is 4.79 Å². The maximum atomic E-state index is 13.1. The van der Waals surface area contributed by atoms with E-state index in [9.17, 15) is 19.2 Å². The van der Waals surface area contributed by atoms with Crippen LogP contribution in [0.25, 0.3) is 10.9 Å². The van der Waals surface area contributed by atoms with Crippen LogP contribution < -0.4 is 10.9 Å². The fraction of sp³-hybridized carbons (Fsp3) is 0.385. The first-order valence-corrected chi connectivity index (χ1v) is 12.1. The first-order valence-electron chi connectivity index (χ1n) is 12.1. The first kappa shape index (κ1) is 21.6. The number of piperidine rings is 1. The Labute approximate surface area is 201 Å². The molecule has 0 saturated carbocycles. The topological polar surface area (TPSA) is 108 Å². The lowest BCUT2D eigenvalue weighted by molar-refractivity contribution is -0.137. The Bertz CT molecular complexity index is 1390. The van der Waals surface area contributed by atoms with Crippen molar-refractivity contribution in [2.24, 2.45) is 5.92 Å². The SMILES string of the molecule is O=C(C[C@@H]1NC(=O)N(CCc2c[nH]c3ccccc23)C1=O)N1C[C@@H]2C[C@H](C1)c1cccc(=O)n1C2. The van der Waals surface area contributed by atoms with Gasteiger partial charge in [0.05, 0.1) is 6.42 Å². The minimum atomic E-state index is -0.838. The highest BCUT2D eigenvalue weighted by Crippen LogP contribution is 2.35. The van der Waals surface area contributed by atoms with Crippen LogP contribution in [0.2, 0.25) is 0 Å². The second kappa shape index (κ2) is 8.41. The molecule has 0 aliphatic carbocycles. The molecule has 3 aliphatic heterocycles. The zero-order chi connectivity index (χ0) is 24.1. The lowest BCUT2D eigenvalue weighted by atomic mass is 9.83. The second-order valence-corrected chi connectivity index (χ2v) is 9.80. The van der Waals surface area contributed by atoms with Crippen molar-refractivity contribution in [2.45, 2.75) is 37.8 Å². The number of nitrogens with one attached hydrogen (secondary N) is 2. The number of urea groups is 1. The molecular formula is C26H27N5O4. The van der Waals surface area contributed by atoms with Crippen LogP contribution in [-0.4, -0.2) is 62.9 Å². The number of pyridine rings is 1. The summed E-state index contributed by atoms with van der Waals surface area (Å²) in [4.78, 5) is 57.1. The summed E-state index contributed by atoms with van der Waals surface area (Å²) in [7, 11) is 0. The minimum absolute atomic E-state index is 0.00368. The van der Waals surface area contributed by atoms with Gasteiger partial charge in [-0.2, -0.15) is 0 Å². The number of carbonyl (C=O) groups excluding carboxylic acids is 3. The minimum Gasteiger partial charge on any atom is -0.361 e. The molecule has 0 radical (unpaired) electrons. The third-order valence-electron chi connectivity index (χ3n) is 7.60. The van der Waals surface area contributed by atoms with E-state index < -0.39 is 12.1 Å². The van der Waals surface area contributed by atoms with Crippen molar-refractivity contribution in [3.8, 4) is 0 Å². The van der Waals surface area contributed by atoms with E-state index in [4.69, 9.17) is 0 Å². The van der Waals surface area contributed by atoms with Gasteiger partial charge >= 0.3 is 6.03 Å². The van der Waals surface area contributed by atoms with Gasteiger partial charge in [0.1, 0.15) is 6.04 Å². The highest BCUT2D eigenvalue weighted by molar-refractivity contribution is 6.05. The predicted octanol–water partition coefficient (Wildman–Crippen LogP) is 1.83. The van der Waals surface area contributed by atoms with Gasteiger partial charge in [-0.15, -0.1) is 0 Å². The summed E-state index contributed by atoms with van der Waals surface area (Å²) >= 11 is 0. The molecule has 4 amide bonds. The highest BCUT2D eigenvalue weighted by Gasteiger charge is 2.41. The summed E-state index contributed by atoms with van der Waals surface area (Å²) in [5.74, 6) is -0.158. The van der Waals surface area contributed by atoms with Gasteiger partial charge in [-0.1, -0.05) is 24.3 Å². The van der Waals surface area contributed by atoms with Gasteiger partial charge in [0.2, 0.25) is 5.91 Å². The first-order chi connectivity index (χ1) is 17.0. The number of rotatable bonds is 5. The number of aromatic nitrogens is 2. The molecule has 180 valence electrons. The van der Waals surface area contributed by atoms with Crippen LogP contribution in [0.3, 0.4) is 0 Å². The van der Waals surface area contributed by atoms with Gasteiger partial charge in [0.15, 0.2) is 0 Å². The lowest BCUT2D eigenvalue weighted by Gasteiger charge is -2.43. The third-order valence-corrected chi connectivity index (χ3v) is 7.60. The van der Waals surface area contributed by atoms with E-state index in [1.54, 1.807) is 17.0 Å². The molecule has 9 nitrogen and oxygen atoms in total. The van der Waals surface area contributed by atoms with Gasteiger partial charge in [0.25, 0.3) is 11.5 Å². The van der Waals surface area contributed by atoms with Crippen LogP contribution >= 0.6 is 0 Å². The molecule has 2 fully saturated rings. The average Bonchev–Trinajstić information content (AvgIpc) is 3.38. The number of hydrogen-bond donors (Lipinski definition) is 2. The fourth-order valence-electron chi connectivity index (χ4n) is 5.90. The molecule has 0 unspecified atom stereocenters. The van der Waals surface area contributed by atoms with Crippen LogP contribution in [0, 0.1) is 5.92 Å². The smallest absolute Gasteiger partial charge is 0.324 e. The number of H-pyrrole nitrogens is 1. The number of likely N-dealkylation sites (tertiary alicyclic amines) is 1. The van der Waals surface area contributed by atoms with Gasteiger partial charge in [-0.3, -0.25) is 19.3 Å². The number of aromatic amines is 1. The van der Waals surface area contributed by atoms with Crippen molar-refractivity contribution in [1.82, 2.24) is 24.7 Å². The van der Waals surface area contributed by atoms with E-state index in [0.29, 0.717) is 26.1 Å². The number of para-hydroxylation sites is 1. The fourth-order valence-corrected chi connectivity index (χ4v) is 5.90. The molecule has 3 aliphatic rings. The van der Waals surface area contributed by atoms with Crippen LogP contribution in [0.1, 0.15) is 30.0 Å². The van der Waals surface area contributed by atoms with Crippen LogP contribution in [0.5, 0.6) is 0 Å². The number of nitrogens with zero attached hydrogens (tertiary/aromatic N) is 3. The number of fused-ring (bicyclic) bond motifs is 5. The number of benzene rings is 1. The summed E-state index contributed by atoms with van der Waals surface area (Å²) in [6.45, 7) is 1.96. The summed E-state index contributed by atoms with van der Waals surface area (Å²) in [5.41, 5.74) is 3.03. The third kappa shape index (κ3) is 3.80. The normalized spacial score (nSPS) is 23.5. The summed E-state index contributed by atoms with van der Waals surface area (Å²) in [6, 6.07) is 11.9. The predicted molar refractivity (Wildman–Crippen MR) is 129 cm³/mol. The van der Waals surface area contributed by atoms with Gasteiger partial charge in [-0.05, 0) is 36.5 Å². The molecular weight excluding hydrogens is 446 g/mol. The van der Waals surface area contributed by atoms with Crippen molar-refractivity contribution in [3.05, 3.63) is 70.3 Å². The molecule has 2 bridgehead atoms. The largest absolute Gasteiger partial charge is 0.361 e. The van der Waals surface area contributed by atoms with E-state index in [1.165, 1.54) is 4.90 Å². The van der Waals surface area contributed by atoms with Gasteiger partial charge in [0, 0.05) is 61.0 Å². The zero-order valence-corrected chi connectivity index (χ0v) is 19.3. The van der Waals surface area contributed by atoms with Crippen molar-refractivity contribution >= 4 is 28.7 Å². The second-order valence-electron chi connectivity index (χ2n) is 9.80. The molecule has 0 spiro atoms. The van der Waals surface area contributed by atoms with Crippen LogP contribution in [0.4, 0.5) is 4.79 Å². The molecule has 2 aromatic heterocycles. The maximum Gasteiger partial charge on any atom is 0.324 e. The number of amides is 4. The molecule has 1 aromatic carbocycles. The monoisotopic (exact) mass is 473 g/mol. The average molecular weight is 474 g/mol. The Balaban J connectivity index is 1.10. The Morgan fingerprint density at radius 2 is 1.86 bits per heavy atom. The zero-order valence-electron chi connectivity index (χ0n) is 19.3. The van der Waals surface area contributed by atoms with Crippen molar-refractivity contribution in [3.63, 3.8) is 0 Å². The Morgan fingerprint density at radius 3 is 2.74 bits per heavy atom. The van der Waals surface area contributed by atoms with E-state index >= 15 is 0 Å². The number of imide groups is 1. The maximum absolute atomic E-state index is 13.1. The summed E-state index contributed by atoms with van der Waals surface area (Å²) in [5, 5.41) is 3.78. The Kier molecular flexibility index (Phi) is 5.20. The lowest BCUT2D eigenvalue weighted by Crippen LogP contribution is -2.50. The van der Waals surface area contributed by atoms with Gasteiger partial charge < -0.3 is 19.8 Å².